The van der Waals surface area contributed by atoms with Crippen LogP contribution in [-0.2, 0) is 14.4 Å². The summed E-state index contributed by atoms with van der Waals surface area (Å²) in [6.07, 6.45) is 7.09. The smallest absolute Gasteiger partial charge is 0.305 e. The lowest BCUT2D eigenvalue weighted by Gasteiger charge is -2.39. The number of ether oxygens (including phenoxy) is 1. The molecule has 2 saturated heterocycles. The molecule has 1 aromatic carbocycles. The number of halogens is 1. The molecule has 234 valence electrons. The maximum Gasteiger partial charge on any atom is 0.305 e. The Balaban J connectivity index is 1.47. The van der Waals surface area contributed by atoms with Crippen molar-refractivity contribution in [2.45, 2.75) is 58.4 Å². The molecular weight excluding hydrogens is 551 g/mol. The first-order chi connectivity index (χ1) is 20.7. The van der Waals surface area contributed by atoms with E-state index in [1.165, 1.54) is 0 Å². The molecule has 2 aliphatic heterocycles. The van der Waals surface area contributed by atoms with Crippen molar-refractivity contribution >= 4 is 17.8 Å². The molecule has 4 rings (SSSR count). The van der Waals surface area contributed by atoms with Gasteiger partial charge in [-0.2, -0.15) is 0 Å². The van der Waals surface area contributed by atoms with Gasteiger partial charge in [0.25, 0.3) is 0 Å². The van der Waals surface area contributed by atoms with Crippen LogP contribution in [0, 0.1) is 23.7 Å². The molecular formula is C33H45FN4O5. The second-order valence-electron chi connectivity index (χ2n) is 12.2. The van der Waals surface area contributed by atoms with Gasteiger partial charge >= 0.3 is 5.97 Å². The van der Waals surface area contributed by atoms with E-state index in [1.807, 2.05) is 17.0 Å². The number of alkyl halides is 1. The Labute approximate surface area is 253 Å². The number of aromatic nitrogens is 1. The fraction of sp³-hybridized carbons (Fsp3) is 0.576. The highest BCUT2D eigenvalue weighted by molar-refractivity contribution is 5.82. The monoisotopic (exact) mass is 596 g/mol. The van der Waals surface area contributed by atoms with Crippen LogP contribution in [0.15, 0.2) is 42.7 Å². The van der Waals surface area contributed by atoms with Crippen LogP contribution in [0.1, 0.15) is 64.0 Å². The lowest BCUT2D eigenvalue weighted by Crippen LogP contribution is -2.50. The van der Waals surface area contributed by atoms with Crippen LogP contribution in [0.4, 0.5) is 4.39 Å². The molecule has 2 amide bonds. The summed E-state index contributed by atoms with van der Waals surface area (Å²) in [5, 5.41) is 16.0. The molecule has 0 bridgehead atoms. The molecule has 1 aromatic heterocycles. The van der Waals surface area contributed by atoms with Crippen LogP contribution >= 0.6 is 0 Å². The molecule has 0 radical (unpaired) electrons. The maximum atomic E-state index is 13.7. The zero-order chi connectivity index (χ0) is 30.8. The largest absolute Gasteiger partial charge is 0.491 e. The molecule has 2 aliphatic rings. The predicted molar refractivity (Wildman–Crippen MR) is 162 cm³/mol. The summed E-state index contributed by atoms with van der Waals surface area (Å²) in [6.45, 7) is 6.56. The molecule has 2 fully saturated rings. The average molecular weight is 597 g/mol. The number of aliphatic carboxylic acids is 1. The minimum atomic E-state index is -1.05. The third-order valence-electron chi connectivity index (χ3n) is 8.74. The molecule has 43 heavy (non-hydrogen) atoms. The van der Waals surface area contributed by atoms with Gasteiger partial charge in [-0.3, -0.25) is 19.4 Å². The summed E-state index contributed by atoms with van der Waals surface area (Å²) in [7, 11) is 0. The van der Waals surface area contributed by atoms with Crippen molar-refractivity contribution in [2.24, 2.45) is 23.7 Å². The summed E-state index contributed by atoms with van der Waals surface area (Å²) in [5.74, 6) is -0.0726. The van der Waals surface area contributed by atoms with E-state index in [0.717, 1.165) is 43.5 Å². The van der Waals surface area contributed by atoms with Gasteiger partial charge in [0, 0.05) is 37.5 Å². The first kappa shape index (κ1) is 32.4. The Morgan fingerprint density at radius 3 is 2.65 bits per heavy atom. The fourth-order valence-electron chi connectivity index (χ4n) is 6.12. The number of hydrogen-bond acceptors (Lipinski definition) is 6. The lowest BCUT2D eigenvalue weighted by molar-refractivity contribution is -0.138. The van der Waals surface area contributed by atoms with E-state index in [4.69, 9.17) is 4.74 Å². The highest BCUT2D eigenvalue weighted by atomic mass is 19.1. The molecule has 3 N–H and O–H groups in total. The van der Waals surface area contributed by atoms with E-state index in [2.05, 4.69) is 29.5 Å². The maximum absolute atomic E-state index is 13.7. The number of rotatable bonds is 13. The Kier molecular flexibility index (Phi) is 11.9. The van der Waals surface area contributed by atoms with E-state index < -0.39 is 24.6 Å². The highest BCUT2D eigenvalue weighted by Crippen LogP contribution is 2.31. The van der Waals surface area contributed by atoms with Crippen molar-refractivity contribution in [1.82, 2.24) is 20.5 Å². The molecule has 2 aromatic rings. The van der Waals surface area contributed by atoms with Crippen molar-refractivity contribution in [1.29, 1.82) is 0 Å². The van der Waals surface area contributed by atoms with Crippen LogP contribution in [0.3, 0.4) is 0 Å². The zero-order valence-electron chi connectivity index (χ0n) is 25.3. The van der Waals surface area contributed by atoms with Gasteiger partial charge in [-0.05, 0) is 85.9 Å². The topological polar surface area (TPSA) is 121 Å². The molecule has 10 heteroatoms. The third-order valence-corrected chi connectivity index (χ3v) is 8.74. The molecule has 0 spiro atoms. The molecule has 0 saturated carbocycles. The zero-order valence-corrected chi connectivity index (χ0v) is 25.3. The average Bonchev–Trinajstić information content (AvgIpc) is 3.02. The first-order valence-electron chi connectivity index (χ1n) is 15.5. The summed E-state index contributed by atoms with van der Waals surface area (Å²) >= 11 is 0. The van der Waals surface area contributed by atoms with Crippen molar-refractivity contribution in [3.8, 4) is 16.9 Å². The molecule has 0 aliphatic carbocycles. The van der Waals surface area contributed by atoms with Gasteiger partial charge < -0.3 is 25.4 Å². The summed E-state index contributed by atoms with van der Waals surface area (Å²) in [6, 6.07) is 8.17. The third kappa shape index (κ3) is 9.48. The van der Waals surface area contributed by atoms with E-state index >= 15 is 0 Å². The van der Waals surface area contributed by atoms with Gasteiger partial charge in [0.2, 0.25) is 11.8 Å². The number of amides is 2. The molecule has 3 unspecified atom stereocenters. The van der Waals surface area contributed by atoms with Crippen molar-refractivity contribution in [3.05, 3.63) is 48.3 Å². The highest BCUT2D eigenvalue weighted by Gasteiger charge is 2.36. The summed E-state index contributed by atoms with van der Waals surface area (Å²) in [4.78, 5) is 45.0. The fourth-order valence-corrected chi connectivity index (χ4v) is 6.12. The Hall–Kier alpha value is -3.53. The van der Waals surface area contributed by atoms with E-state index in [1.54, 1.807) is 30.6 Å². The molecule has 3 atom stereocenters. The van der Waals surface area contributed by atoms with Crippen molar-refractivity contribution < 1.29 is 28.6 Å². The van der Waals surface area contributed by atoms with Gasteiger partial charge in [-0.1, -0.05) is 26.0 Å². The minimum absolute atomic E-state index is 0.0471. The summed E-state index contributed by atoms with van der Waals surface area (Å²) < 4.78 is 18.0. The van der Waals surface area contributed by atoms with E-state index in [-0.39, 0.29) is 30.8 Å². The number of nitrogens with one attached hydrogen (secondary N) is 2. The number of carboxylic acids is 1. The predicted octanol–water partition coefficient (Wildman–Crippen LogP) is 4.63. The molecule has 3 heterocycles. The number of carboxylic acid groups (broad SMARTS) is 1. The number of carbonyl (C=O) groups is 3. The SMILES string of the molecule is CC(C)C1CC(C(=O)NC(CC(=O)O)c2cncc(-c3cccc(OCCF)c3)c2)CN(C(=O)CCC2CCNCC2)C1. The van der Waals surface area contributed by atoms with E-state index in [9.17, 15) is 23.9 Å². The van der Waals surface area contributed by atoms with E-state index in [0.29, 0.717) is 49.1 Å². The molecule has 9 nitrogen and oxygen atoms in total. The van der Waals surface area contributed by atoms with Crippen molar-refractivity contribution in [2.75, 3.05) is 39.5 Å². The minimum Gasteiger partial charge on any atom is -0.491 e. The quantitative estimate of drug-likeness (QED) is 0.308. The van der Waals surface area contributed by atoms with Crippen LogP contribution in [0.5, 0.6) is 5.75 Å². The number of nitrogens with zero attached hydrogens (tertiary/aromatic N) is 2. The first-order valence-corrected chi connectivity index (χ1v) is 15.5. The van der Waals surface area contributed by atoms with Gasteiger partial charge in [-0.25, -0.2) is 4.39 Å². The second kappa shape index (κ2) is 15.8. The normalized spacial score (nSPS) is 20.0. The Morgan fingerprint density at radius 1 is 1.14 bits per heavy atom. The standard InChI is InChI=1S/C33H45FN4O5/c1-22(2)27-15-28(21-38(20-27)31(39)7-6-23-8-11-35-12-9-23)33(42)37-30(17-32(40)41)26-14-25(18-36-19-26)24-4-3-5-29(16-24)43-13-10-34/h3-5,14,16,18-19,22-23,27-28,30,35H,6-13,15,17,20-21H2,1-2H3,(H,37,42)(H,40,41). The van der Waals surface area contributed by atoms with Gasteiger partial charge in [-0.15, -0.1) is 0 Å². The van der Waals surface area contributed by atoms with Gasteiger partial charge in [0.05, 0.1) is 18.4 Å². The van der Waals surface area contributed by atoms with Crippen LogP contribution in [0.25, 0.3) is 11.1 Å². The Bertz CT molecular complexity index is 1240. The lowest BCUT2D eigenvalue weighted by atomic mass is 9.81. The second-order valence-corrected chi connectivity index (χ2v) is 12.2. The van der Waals surface area contributed by atoms with Crippen LogP contribution in [0.2, 0.25) is 0 Å². The van der Waals surface area contributed by atoms with Crippen molar-refractivity contribution in [3.63, 3.8) is 0 Å². The van der Waals surface area contributed by atoms with Gasteiger partial charge in [0.15, 0.2) is 0 Å². The number of likely N-dealkylation sites (tertiary alicyclic amines) is 1. The number of piperidine rings is 2. The number of pyridine rings is 1. The Morgan fingerprint density at radius 2 is 1.93 bits per heavy atom. The number of carbonyl (C=O) groups excluding carboxylic acids is 2. The van der Waals surface area contributed by atoms with Crippen LogP contribution in [-0.4, -0.2) is 72.2 Å². The van der Waals surface area contributed by atoms with Gasteiger partial charge in [0.1, 0.15) is 19.0 Å². The number of benzene rings is 1. The number of hydrogen-bond donors (Lipinski definition) is 3. The summed E-state index contributed by atoms with van der Waals surface area (Å²) in [5.41, 5.74) is 2.06. The van der Waals surface area contributed by atoms with Crippen LogP contribution < -0.4 is 15.4 Å².